The highest BCUT2D eigenvalue weighted by atomic mass is 32.1. The standard InChI is InChI=1S/C12H15NO2S/c1-3-7-13(2)12(15)11-10(5-4-8-14)6-9-16-11/h6,9,14H,3,7-8H2,1-2H3. The molecule has 0 aliphatic rings. The Balaban J connectivity index is 2.87. The molecule has 0 aliphatic heterocycles. The number of hydrogen-bond donors (Lipinski definition) is 1. The Labute approximate surface area is 99.7 Å². The van der Waals surface area contributed by atoms with Crippen LogP contribution in [0.25, 0.3) is 0 Å². The molecule has 1 N–H and O–H groups in total. The minimum absolute atomic E-state index is 0.000843. The van der Waals surface area contributed by atoms with Gasteiger partial charge in [0.1, 0.15) is 11.5 Å². The first-order chi connectivity index (χ1) is 7.70. The molecule has 1 rings (SSSR count). The van der Waals surface area contributed by atoms with Crippen LogP contribution in [0, 0.1) is 11.8 Å². The summed E-state index contributed by atoms with van der Waals surface area (Å²) < 4.78 is 0. The third-order valence-electron chi connectivity index (χ3n) is 2.07. The molecule has 0 radical (unpaired) electrons. The second kappa shape index (κ2) is 6.31. The summed E-state index contributed by atoms with van der Waals surface area (Å²) in [7, 11) is 1.79. The number of aliphatic hydroxyl groups is 1. The molecule has 0 aromatic carbocycles. The van der Waals surface area contributed by atoms with Crippen molar-refractivity contribution in [2.75, 3.05) is 20.2 Å². The number of carbonyl (C=O) groups is 1. The van der Waals surface area contributed by atoms with E-state index in [4.69, 9.17) is 5.11 Å². The van der Waals surface area contributed by atoms with Crippen LogP contribution in [0.1, 0.15) is 28.6 Å². The van der Waals surface area contributed by atoms with Crippen LogP contribution in [0.4, 0.5) is 0 Å². The fourth-order valence-corrected chi connectivity index (χ4v) is 2.16. The average molecular weight is 237 g/mol. The number of hydrogen-bond acceptors (Lipinski definition) is 3. The SMILES string of the molecule is CCCN(C)C(=O)c1sccc1C#CCO. The molecule has 1 aromatic rings. The van der Waals surface area contributed by atoms with Gasteiger partial charge in [0, 0.05) is 19.2 Å². The lowest BCUT2D eigenvalue weighted by Crippen LogP contribution is -2.27. The summed E-state index contributed by atoms with van der Waals surface area (Å²) in [5.41, 5.74) is 0.701. The quantitative estimate of drug-likeness (QED) is 0.811. The van der Waals surface area contributed by atoms with Crippen LogP contribution in [0.5, 0.6) is 0 Å². The fraction of sp³-hybridized carbons (Fsp3) is 0.417. The number of rotatable bonds is 3. The van der Waals surface area contributed by atoms with Gasteiger partial charge in [-0.25, -0.2) is 0 Å². The molecule has 0 atom stereocenters. The van der Waals surface area contributed by atoms with E-state index in [1.165, 1.54) is 11.3 Å². The zero-order chi connectivity index (χ0) is 12.0. The predicted molar refractivity (Wildman–Crippen MR) is 65.5 cm³/mol. The van der Waals surface area contributed by atoms with Crippen molar-refractivity contribution < 1.29 is 9.90 Å². The molecule has 0 unspecified atom stereocenters. The lowest BCUT2D eigenvalue weighted by molar-refractivity contribution is 0.0799. The number of carbonyl (C=O) groups excluding carboxylic acids is 1. The van der Waals surface area contributed by atoms with E-state index in [2.05, 4.69) is 11.8 Å². The number of thiophene rings is 1. The van der Waals surface area contributed by atoms with Crippen molar-refractivity contribution >= 4 is 17.2 Å². The maximum Gasteiger partial charge on any atom is 0.264 e. The maximum atomic E-state index is 12.0. The average Bonchev–Trinajstić information content (AvgIpc) is 2.73. The van der Waals surface area contributed by atoms with Gasteiger partial charge in [-0.3, -0.25) is 4.79 Å². The van der Waals surface area contributed by atoms with E-state index in [1.54, 1.807) is 18.0 Å². The molecule has 86 valence electrons. The van der Waals surface area contributed by atoms with Crippen LogP contribution < -0.4 is 0 Å². The number of amides is 1. The lowest BCUT2D eigenvalue weighted by atomic mass is 10.2. The third-order valence-corrected chi connectivity index (χ3v) is 2.97. The second-order valence-corrected chi connectivity index (χ2v) is 4.27. The first-order valence-corrected chi connectivity index (χ1v) is 6.01. The molecule has 0 saturated heterocycles. The summed E-state index contributed by atoms with van der Waals surface area (Å²) in [6.07, 6.45) is 0.936. The van der Waals surface area contributed by atoms with Gasteiger partial charge in [-0.1, -0.05) is 18.8 Å². The Kier molecular flexibility index (Phi) is 5.03. The first kappa shape index (κ1) is 12.8. The van der Waals surface area contributed by atoms with Crippen molar-refractivity contribution in [3.63, 3.8) is 0 Å². The zero-order valence-electron chi connectivity index (χ0n) is 9.49. The molecule has 4 heteroatoms. The first-order valence-electron chi connectivity index (χ1n) is 5.13. The molecular formula is C12H15NO2S. The van der Waals surface area contributed by atoms with Crippen LogP contribution in [-0.4, -0.2) is 36.1 Å². The van der Waals surface area contributed by atoms with Crippen LogP contribution in [0.2, 0.25) is 0 Å². The Bertz CT molecular complexity index is 414. The van der Waals surface area contributed by atoms with Gasteiger partial charge in [0.15, 0.2) is 0 Å². The van der Waals surface area contributed by atoms with E-state index in [0.29, 0.717) is 10.4 Å². The molecule has 0 bridgehead atoms. The van der Waals surface area contributed by atoms with Gasteiger partial charge in [-0.2, -0.15) is 0 Å². The van der Waals surface area contributed by atoms with Crippen molar-refractivity contribution in [3.8, 4) is 11.8 Å². The molecule has 1 aromatic heterocycles. The van der Waals surface area contributed by atoms with Crippen LogP contribution in [-0.2, 0) is 0 Å². The molecule has 0 saturated carbocycles. The Morgan fingerprint density at radius 2 is 2.38 bits per heavy atom. The van der Waals surface area contributed by atoms with Crippen LogP contribution in [0.15, 0.2) is 11.4 Å². The van der Waals surface area contributed by atoms with E-state index in [1.807, 2.05) is 12.3 Å². The van der Waals surface area contributed by atoms with Crippen molar-refractivity contribution in [2.45, 2.75) is 13.3 Å². The lowest BCUT2D eigenvalue weighted by Gasteiger charge is -2.14. The monoisotopic (exact) mass is 237 g/mol. The highest BCUT2D eigenvalue weighted by Crippen LogP contribution is 2.17. The van der Waals surface area contributed by atoms with Gasteiger partial charge < -0.3 is 10.0 Å². The summed E-state index contributed by atoms with van der Waals surface area (Å²) in [4.78, 5) is 14.3. The Morgan fingerprint density at radius 1 is 1.62 bits per heavy atom. The Hall–Kier alpha value is -1.31. The number of nitrogens with zero attached hydrogens (tertiary/aromatic N) is 1. The third kappa shape index (κ3) is 3.09. The molecule has 1 heterocycles. The smallest absolute Gasteiger partial charge is 0.264 e. The highest BCUT2D eigenvalue weighted by Gasteiger charge is 2.15. The van der Waals surface area contributed by atoms with Crippen molar-refractivity contribution in [1.29, 1.82) is 0 Å². The van der Waals surface area contributed by atoms with Crippen molar-refractivity contribution in [3.05, 3.63) is 21.9 Å². The van der Waals surface area contributed by atoms with Gasteiger partial charge in [0.25, 0.3) is 5.91 Å². The maximum absolute atomic E-state index is 12.0. The van der Waals surface area contributed by atoms with Gasteiger partial charge >= 0.3 is 0 Å². The van der Waals surface area contributed by atoms with Gasteiger partial charge in [-0.05, 0) is 17.9 Å². The van der Waals surface area contributed by atoms with E-state index in [-0.39, 0.29) is 12.5 Å². The van der Waals surface area contributed by atoms with E-state index in [9.17, 15) is 4.79 Å². The van der Waals surface area contributed by atoms with Crippen molar-refractivity contribution in [1.82, 2.24) is 4.90 Å². The highest BCUT2D eigenvalue weighted by molar-refractivity contribution is 7.12. The molecular weight excluding hydrogens is 222 g/mol. The number of aliphatic hydroxyl groups excluding tert-OH is 1. The molecule has 16 heavy (non-hydrogen) atoms. The predicted octanol–water partition coefficient (Wildman–Crippen LogP) is 1.57. The van der Waals surface area contributed by atoms with Gasteiger partial charge in [0.05, 0.1) is 0 Å². The summed E-state index contributed by atoms with van der Waals surface area (Å²) in [6.45, 7) is 2.59. The minimum atomic E-state index is -0.186. The van der Waals surface area contributed by atoms with Crippen LogP contribution >= 0.6 is 11.3 Å². The fourth-order valence-electron chi connectivity index (χ4n) is 1.32. The molecule has 0 aliphatic carbocycles. The summed E-state index contributed by atoms with van der Waals surface area (Å²) >= 11 is 1.39. The van der Waals surface area contributed by atoms with Gasteiger partial charge in [0.2, 0.25) is 0 Å². The largest absolute Gasteiger partial charge is 0.384 e. The van der Waals surface area contributed by atoms with E-state index < -0.39 is 0 Å². The van der Waals surface area contributed by atoms with Crippen LogP contribution in [0.3, 0.4) is 0 Å². The zero-order valence-corrected chi connectivity index (χ0v) is 10.3. The minimum Gasteiger partial charge on any atom is -0.384 e. The summed E-state index contributed by atoms with van der Waals surface area (Å²) in [5.74, 6) is 5.34. The Morgan fingerprint density at radius 3 is 3.00 bits per heavy atom. The molecule has 0 spiro atoms. The second-order valence-electron chi connectivity index (χ2n) is 3.35. The molecule has 0 fully saturated rings. The molecule has 1 amide bonds. The topological polar surface area (TPSA) is 40.5 Å². The molecule has 3 nitrogen and oxygen atoms in total. The van der Waals surface area contributed by atoms with Gasteiger partial charge in [-0.15, -0.1) is 11.3 Å². The van der Waals surface area contributed by atoms with E-state index in [0.717, 1.165) is 13.0 Å². The summed E-state index contributed by atoms with van der Waals surface area (Å²) in [6, 6.07) is 1.81. The van der Waals surface area contributed by atoms with E-state index >= 15 is 0 Å². The summed E-state index contributed by atoms with van der Waals surface area (Å²) in [5, 5.41) is 10.5. The van der Waals surface area contributed by atoms with Crippen molar-refractivity contribution in [2.24, 2.45) is 0 Å². The normalized spacial score (nSPS) is 9.44.